The molecule has 0 bridgehead atoms. The Hall–Kier alpha value is -2.05. The van der Waals surface area contributed by atoms with Crippen molar-refractivity contribution in [2.75, 3.05) is 0 Å². The van der Waals surface area contributed by atoms with Gasteiger partial charge in [0, 0.05) is 17.8 Å². The normalized spacial score (nSPS) is 11.7. The smallest absolute Gasteiger partial charge is 0.334 e. The van der Waals surface area contributed by atoms with E-state index in [-0.39, 0.29) is 11.4 Å². The zero-order valence-electron chi connectivity index (χ0n) is 7.80. The second kappa shape index (κ2) is 3.51. The van der Waals surface area contributed by atoms with Gasteiger partial charge in [0.1, 0.15) is 11.5 Å². The molecule has 2 heterocycles. The molecule has 0 aromatic carbocycles. The van der Waals surface area contributed by atoms with Gasteiger partial charge in [0.05, 0.1) is 6.20 Å². The molecule has 0 saturated heterocycles. The van der Waals surface area contributed by atoms with Crippen LogP contribution in [0.1, 0.15) is 5.69 Å². The van der Waals surface area contributed by atoms with Crippen LogP contribution >= 0.6 is 0 Å². The first kappa shape index (κ1) is 10.5. The van der Waals surface area contributed by atoms with Crippen LogP contribution in [0.5, 0.6) is 0 Å². The van der Waals surface area contributed by atoms with Gasteiger partial charge in [0.2, 0.25) is 5.56 Å². The van der Waals surface area contributed by atoms with E-state index < -0.39 is 11.9 Å². The highest BCUT2D eigenvalue weighted by molar-refractivity contribution is 5.53. The summed E-state index contributed by atoms with van der Waals surface area (Å²) in [6.07, 6.45) is -2.45. The average molecular weight is 229 g/mol. The molecule has 2 rings (SSSR count). The number of rotatable bonds is 1. The predicted molar refractivity (Wildman–Crippen MR) is 49.6 cm³/mol. The van der Waals surface area contributed by atoms with Crippen molar-refractivity contribution in [1.82, 2.24) is 15.0 Å². The Kier molecular flexibility index (Phi) is 2.30. The van der Waals surface area contributed by atoms with Gasteiger partial charge < -0.3 is 9.97 Å². The van der Waals surface area contributed by atoms with Gasteiger partial charge in [-0.2, -0.15) is 13.2 Å². The number of alkyl halides is 3. The predicted octanol–water partition coefficient (Wildman–Crippen LogP) is 1.78. The van der Waals surface area contributed by atoms with E-state index in [2.05, 4.69) is 15.0 Å². The minimum Gasteiger partial charge on any atom is -0.334 e. The first-order chi connectivity index (χ1) is 7.47. The Balaban J connectivity index is 2.39. The van der Waals surface area contributed by atoms with Crippen LogP contribution in [-0.2, 0) is 6.18 Å². The molecular weight excluding hydrogens is 223 g/mol. The first-order valence-corrected chi connectivity index (χ1v) is 4.28. The van der Waals surface area contributed by atoms with E-state index in [4.69, 9.17) is 0 Å². The Bertz CT molecular complexity index is 535. The molecule has 16 heavy (non-hydrogen) atoms. The van der Waals surface area contributed by atoms with E-state index in [1.165, 1.54) is 18.3 Å². The lowest BCUT2D eigenvalue weighted by Gasteiger charge is -2.01. The fourth-order valence-electron chi connectivity index (χ4n) is 1.17. The van der Waals surface area contributed by atoms with Crippen LogP contribution in [0.3, 0.4) is 0 Å². The second-order valence-electron chi connectivity index (χ2n) is 3.08. The fraction of sp³-hybridized carbons (Fsp3) is 0.111. The monoisotopic (exact) mass is 229 g/mol. The Morgan fingerprint density at radius 2 is 2.00 bits per heavy atom. The van der Waals surface area contributed by atoms with E-state index in [9.17, 15) is 18.0 Å². The quantitative estimate of drug-likeness (QED) is 0.782. The highest BCUT2D eigenvalue weighted by Crippen LogP contribution is 2.28. The maximum Gasteiger partial charge on any atom is 0.432 e. The van der Waals surface area contributed by atoms with Crippen molar-refractivity contribution in [3.05, 3.63) is 40.6 Å². The summed E-state index contributed by atoms with van der Waals surface area (Å²) >= 11 is 0. The van der Waals surface area contributed by atoms with Crippen molar-refractivity contribution in [2.45, 2.75) is 6.18 Å². The van der Waals surface area contributed by atoms with Gasteiger partial charge in [-0.1, -0.05) is 0 Å². The summed E-state index contributed by atoms with van der Waals surface area (Å²) in [5.74, 6) is 0.0589. The van der Waals surface area contributed by atoms with Gasteiger partial charge in [-0.25, -0.2) is 4.98 Å². The molecule has 0 spiro atoms. The Morgan fingerprint density at radius 3 is 2.50 bits per heavy atom. The van der Waals surface area contributed by atoms with Gasteiger partial charge >= 0.3 is 6.18 Å². The third-order valence-electron chi connectivity index (χ3n) is 1.94. The molecule has 0 fully saturated rings. The number of pyridine rings is 1. The van der Waals surface area contributed by atoms with Crippen molar-refractivity contribution in [3.8, 4) is 11.4 Å². The molecule has 4 nitrogen and oxygen atoms in total. The van der Waals surface area contributed by atoms with Crippen LogP contribution in [0.25, 0.3) is 11.4 Å². The molecule has 7 heteroatoms. The molecule has 0 aliphatic heterocycles. The highest BCUT2D eigenvalue weighted by Gasteiger charge is 2.33. The number of H-pyrrole nitrogens is 2. The summed E-state index contributed by atoms with van der Waals surface area (Å²) in [5.41, 5.74) is -0.866. The van der Waals surface area contributed by atoms with E-state index in [0.717, 1.165) is 0 Å². The molecule has 2 aromatic rings. The zero-order valence-corrected chi connectivity index (χ0v) is 7.80. The van der Waals surface area contributed by atoms with Crippen LogP contribution in [-0.4, -0.2) is 15.0 Å². The van der Waals surface area contributed by atoms with Crippen molar-refractivity contribution >= 4 is 0 Å². The number of nitrogens with one attached hydrogen (secondary N) is 2. The molecular formula is C9H6F3N3O. The summed E-state index contributed by atoms with van der Waals surface area (Å²) in [6, 6.07) is 2.60. The molecule has 0 aliphatic rings. The number of hydrogen-bond donors (Lipinski definition) is 2. The van der Waals surface area contributed by atoms with Crippen LogP contribution in [0.2, 0.25) is 0 Å². The third kappa shape index (κ3) is 1.97. The summed E-state index contributed by atoms with van der Waals surface area (Å²) in [7, 11) is 0. The summed E-state index contributed by atoms with van der Waals surface area (Å²) < 4.78 is 36.8. The first-order valence-electron chi connectivity index (χ1n) is 4.28. The standard InChI is InChI=1S/C9H6F3N3O/c10-9(11,12)6-4-14-8(15-6)5-1-2-7(16)13-3-5/h1-4H,(H,13,16)(H,14,15). The minimum absolute atomic E-state index is 0.0589. The minimum atomic E-state index is -4.45. The molecule has 0 radical (unpaired) electrons. The molecule has 84 valence electrons. The van der Waals surface area contributed by atoms with E-state index in [1.54, 1.807) is 0 Å². The second-order valence-corrected chi connectivity index (χ2v) is 3.08. The number of aromatic amines is 2. The zero-order chi connectivity index (χ0) is 11.8. The van der Waals surface area contributed by atoms with Gasteiger partial charge in [0.15, 0.2) is 0 Å². The van der Waals surface area contributed by atoms with Gasteiger partial charge in [-0.05, 0) is 6.07 Å². The molecule has 0 amide bonds. The van der Waals surface area contributed by atoms with Crippen LogP contribution < -0.4 is 5.56 Å². The maximum absolute atomic E-state index is 12.3. The fourth-order valence-corrected chi connectivity index (χ4v) is 1.17. The average Bonchev–Trinajstić information content (AvgIpc) is 2.67. The molecule has 0 aliphatic carbocycles. The topological polar surface area (TPSA) is 61.5 Å². The Labute approximate surface area is 87.2 Å². The number of hydrogen-bond acceptors (Lipinski definition) is 2. The number of halogens is 3. The van der Waals surface area contributed by atoms with E-state index in [0.29, 0.717) is 11.8 Å². The number of aromatic nitrogens is 3. The molecule has 0 unspecified atom stereocenters. The van der Waals surface area contributed by atoms with Crippen LogP contribution in [0, 0.1) is 0 Å². The molecule has 0 saturated carbocycles. The van der Waals surface area contributed by atoms with Crippen molar-refractivity contribution in [1.29, 1.82) is 0 Å². The maximum atomic E-state index is 12.3. The van der Waals surface area contributed by atoms with Crippen molar-refractivity contribution < 1.29 is 13.2 Å². The lowest BCUT2D eigenvalue weighted by atomic mass is 10.3. The van der Waals surface area contributed by atoms with Crippen molar-refractivity contribution in [3.63, 3.8) is 0 Å². The molecule has 0 atom stereocenters. The lowest BCUT2D eigenvalue weighted by molar-refractivity contribution is -0.140. The molecule has 2 aromatic heterocycles. The van der Waals surface area contributed by atoms with Gasteiger partial charge in [-0.3, -0.25) is 4.79 Å². The highest BCUT2D eigenvalue weighted by atomic mass is 19.4. The van der Waals surface area contributed by atoms with Crippen molar-refractivity contribution in [2.24, 2.45) is 0 Å². The van der Waals surface area contributed by atoms with E-state index >= 15 is 0 Å². The van der Waals surface area contributed by atoms with Gasteiger partial charge in [0.25, 0.3) is 0 Å². The van der Waals surface area contributed by atoms with E-state index in [1.807, 2.05) is 0 Å². The largest absolute Gasteiger partial charge is 0.432 e. The summed E-state index contributed by atoms with van der Waals surface area (Å²) in [5, 5.41) is 0. The Morgan fingerprint density at radius 1 is 1.25 bits per heavy atom. The lowest BCUT2D eigenvalue weighted by Crippen LogP contribution is -2.05. The van der Waals surface area contributed by atoms with Crippen LogP contribution in [0.15, 0.2) is 29.3 Å². The summed E-state index contributed by atoms with van der Waals surface area (Å²) in [6.45, 7) is 0. The number of nitrogens with zero attached hydrogens (tertiary/aromatic N) is 1. The number of imidazole rings is 1. The SMILES string of the molecule is O=c1ccc(-c2ncc(C(F)(F)F)[nH]2)c[nH]1. The summed E-state index contributed by atoms with van der Waals surface area (Å²) in [4.78, 5) is 18.8. The molecule has 2 N–H and O–H groups in total. The van der Waals surface area contributed by atoms with Gasteiger partial charge in [-0.15, -0.1) is 0 Å². The van der Waals surface area contributed by atoms with Crippen LogP contribution in [0.4, 0.5) is 13.2 Å². The third-order valence-corrected chi connectivity index (χ3v) is 1.94.